The van der Waals surface area contributed by atoms with E-state index in [1.807, 2.05) is 6.29 Å². The van der Waals surface area contributed by atoms with Crippen molar-refractivity contribution in [3.8, 4) is 0 Å². The van der Waals surface area contributed by atoms with Gasteiger partial charge in [-0.15, -0.1) is 0 Å². The van der Waals surface area contributed by atoms with E-state index in [0.717, 1.165) is 6.42 Å². The first-order chi connectivity index (χ1) is 11.4. The van der Waals surface area contributed by atoms with Gasteiger partial charge in [0.25, 0.3) is 0 Å². The van der Waals surface area contributed by atoms with Crippen LogP contribution in [0.2, 0.25) is 0 Å². The van der Waals surface area contributed by atoms with Crippen LogP contribution in [-0.4, -0.2) is 6.29 Å². The molecule has 0 saturated carbocycles. The van der Waals surface area contributed by atoms with Crippen molar-refractivity contribution >= 4 is 6.29 Å². The predicted octanol–water partition coefficient (Wildman–Crippen LogP) is 7.69. The van der Waals surface area contributed by atoms with E-state index in [2.05, 4.69) is 19.1 Å². The molecular formula is C22H41O. The largest absolute Gasteiger partial charge is 0.291 e. The molecule has 135 valence electrons. The third kappa shape index (κ3) is 21.4. The molecule has 0 aromatic carbocycles. The molecule has 0 N–H and O–H groups in total. The summed E-state index contributed by atoms with van der Waals surface area (Å²) in [6.07, 6.45) is 30.2. The fraction of sp³-hybridized carbons (Fsp3) is 0.864. The molecule has 0 aromatic heterocycles. The summed E-state index contributed by atoms with van der Waals surface area (Å²) < 4.78 is 0. The van der Waals surface area contributed by atoms with Crippen LogP contribution in [0.4, 0.5) is 0 Å². The maximum absolute atomic E-state index is 10.1. The number of allylic oxidation sites excluding steroid dienone is 2. The minimum absolute atomic E-state index is 0.631. The quantitative estimate of drug-likeness (QED) is 0.176. The minimum Gasteiger partial charge on any atom is -0.291 e. The Morgan fingerprint density at radius 2 is 0.957 bits per heavy atom. The third-order valence-electron chi connectivity index (χ3n) is 4.54. The van der Waals surface area contributed by atoms with Crippen LogP contribution < -0.4 is 0 Å². The van der Waals surface area contributed by atoms with Crippen molar-refractivity contribution in [1.82, 2.24) is 0 Å². The standard InChI is InChI=1S/C22H41O/c1-2-3-4-5-6-7-8-9-10-11-12-13-14-15-16-17-18-19-20-21-22-23/h9-10H,2-8,11-21H2,1H3/b10-9-. The maximum atomic E-state index is 10.1. The topological polar surface area (TPSA) is 17.1 Å². The second kappa shape index (κ2) is 21.4. The number of hydrogen-bond acceptors (Lipinski definition) is 1. The first-order valence-corrected chi connectivity index (χ1v) is 10.4. The molecule has 0 aliphatic heterocycles. The first kappa shape index (κ1) is 22.4. The number of unbranched alkanes of at least 4 members (excludes halogenated alkanes) is 16. The highest BCUT2D eigenvalue weighted by molar-refractivity contribution is 5.50. The van der Waals surface area contributed by atoms with Crippen LogP contribution in [-0.2, 0) is 4.79 Å². The van der Waals surface area contributed by atoms with Crippen LogP contribution in [0.1, 0.15) is 122 Å². The molecule has 0 rings (SSSR count). The molecule has 0 unspecified atom stereocenters. The molecule has 0 amide bonds. The smallest absolute Gasteiger partial charge is 0.198 e. The lowest BCUT2D eigenvalue weighted by atomic mass is 10.1. The Balaban J connectivity index is 3.03. The molecule has 0 atom stereocenters. The fourth-order valence-corrected chi connectivity index (χ4v) is 2.98. The molecule has 1 nitrogen and oxygen atoms in total. The lowest BCUT2D eigenvalue weighted by Gasteiger charge is -2.01. The SMILES string of the molecule is CCCCCCCC/C=C\CCCCCCCCCCC[C]=O. The fourth-order valence-electron chi connectivity index (χ4n) is 2.98. The van der Waals surface area contributed by atoms with E-state index in [-0.39, 0.29) is 0 Å². The molecule has 0 aliphatic rings. The molecule has 0 aliphatic carbocycles. The van der Waals surface area contributed by atoms with E-state index in [0.29, 0.717) is 6.42 Å². The van der Waals surface area contributed by atoms with Crippen LogP contribution in [0.3, 0.4) is 0 Å². The highest BCUT2D eigenvalue weighted by Crippen LogP contribution is 2.12. The minimum atomic E-state index is 0.631. The summed E-state index contributed by atoms with van der Waals surface area (Å²) in [5.41, 5.74) is 0. The Morgan fingerprint density at radius 3 is 1.39 bits per heavy atom. The second-order valence-electron chi connectivity index (χ2n) is 6.89. The van der Waals surface area contributed by atoms with Crippen LogP contribution in [0, 0.1) is 0 Å². The summed E-state index contributed by atoms with van der Waals surface area (Å²) in [6, 6.07) is 0. The van der Waals surface area contributed by atoms with Gasteiger partial charge in [0.2, 0.25) is 0 Å². The maximum Gasteiger partial charge on any atom is 0.198 e. The molecule has 1 radical (unpaired) electrons. The average molecular weight is 322 g/mol. The van der Waals surface area contributed by atoms with Gasteiger partial charge >= 0.3 is 0 Å². The molecule has 0 fully saturated rings. The van der Waals surface area contributed by atoms with Gasteiger partial charge in [-0.3, -0.25) is 4.79 Å². The van der Waals surface area contributed by atoms with Crippen molar-refractivity contribution in [1.29, 1.82) is 0 Å². The zero-order chi connectivity index (χ0) is 16.8. The molecule has 0 bridgehead atoms. The van der Waals surface area contributed by atoms with Crippen LogP contribution in [0.25, 0.3) is 0 Å². The van der Waals surface area contributed by atoms with Crippen molar-refractivity contribution in [2.45, 2.75) is 122 Å². The molecule has 0 spiro atoms. The molecule has 0 heterocycles. The van der Waals surface area contributed by atoms with Gasteiger partial charge in [-0.25, -0.2) is 0 Å². The monoisotopic (exact) mass is 321 g/mol. The van der Waals surface area contributed by atoms with E-state index in [9.17, 15) is 4.79 Å². The summed E-state index contributed by atoms with van der Waals surface area (Å²) in [6.45, 7) is 2.28. The van der Waals surface area contributed by atoms with Gasteiger partial charge in [0, 0.05) is 6.42 Å². The Bertz CT molecular complexity index is 244. The number of hydrogen-bond donors (Lipinski definition) is 0. The summed E-state index contributed by atoms with van der Waals surface area (Å²) in [4.78, 5) is 10.1. The second-order valence-corrected chi connectivity index (χ2v) is 6.89. The Kier molecular flexibility index (Phi) is 20.9. The zero-order valence-electron chi connectivity index (χ0n) is 15.8. The molecule has 23 heavy (non-hydrogen) atoms. The molecule has 1 heteroatoms. The van der Waals surface area contributed by atoms with E-state index < -0.39 is 0 Å². The summed E-state index contributed by atoms with van der Waals surface area (Å²) >= 11 is 0. The first-order valence-electron chi connectivity index (χ1n) is 10.4. The number of rotatable bonds is 19. The summed E-state index contributed by atoms with van der Waals surface area (Å²) in [5, 5.41) is 0. The van der Waals surface area contributed by atoms with Gasteiger partial charge in [0.15, 0.2) is 6.29 Å². The third-order valence-corrected chi connectivity index (χ3v) is 4.54. The van der Waals surface area contributed by atoms with Gasteiger partial charge in [0.1, 0.15) is 0 Å². The normalized spacial score (nSPS) is 11.3. The predicted molar refractivity (Wildman–Crippen MR) is 104 cm³/mol. The van der Waals surface area contributed by atoms with Gasteiger partial charge in [-0.1, -0.05) is 96.1 Å². The Labute approximate surface area is 146 Å². The Hall–Kier alpha value is -0.590. The molecular weight excluding hydrogens is 280 g/mol. The number of carbonyl (C=O) groups excluding carboxylic acids is 1. The highest BCUT2D eigenvalue weighted by Gasteiger charge is 1.93. The van der Waals surface area contributed by atoms with Gasteiger partial charge in [-0.2, -0.15) is 0 Å². The van der Waals surface area contributed by atoms with Crippen molar-refractivity contribution in [3.05, 3.63) is 12.2 Å². The van der Waals surface area contributed by atoms with E-state index in [4.69, 9.17) is 0 Å². The highest BCUT2D eigenvalue weighted by atomic mass is 16.1. The Morgan fingerprint density at radius 1 is 0.565 bits per heavy atom. The average Bonchev–Trinajstić information content (AvgIpc) is 2.57. The van der Waals surface area contributed by atoms with Crippen molar-refractivity contribution < 1.29 is 4.79 Å². The van der Waals surface area contributed by atoms with Crippen molar-refractivity contribution in [3.63, 3.8) is 0 Å². The van der Waals surface area contributed by atoms with Crippen LogP contribution >= 0.6 is 0 Å². The summed E-state index contributed by atoms with van der Waals surface area (Å²) in [7, 11) is 0. The summed E-state index contributed by atoms with van der Waals surface area (Å²) in [5.74, 6) is 0. The van der Waals surface area contributed by atoms with E-state index in [1.54, 1.807) is 0 Å². The lowest BCUT2D eigenvalue weighted by Crippen LogP contribution is -1.82. The van der Waals surface area contributed by atoms with Crippen LogP contribution in [0.5, 0.6) is 0 Å². The van der Waals surface area contributed by atoms with Crippen molar-refractivity contribution in [2.24, 2.45) is 0 Å². The molecule has 0 saturated heterocycles. The van der Waals surface area contributed by atoms with Crippen molar-refractivity contribution in [2.75, 3.05) is 0 Å². The van der Waals surface area contributed by atoms with E-state index in [1.165, 1.54) is 103 Å². The van der Waals surface area contributed by atoms with Crippen LogP contribution in [0.15, 0.2) is 12.2 Å². The van der Waals surface area contributed by atoms with E-state index >= 15 is 0 Å². The molecule has 0 aromatic rings. The lowest BCUT2D eigenvalue weighted by molar-refractivity contribution is 0.537. The van der Waals surface area contributed by atoms with Gasteiger partial charge in [-0.05, 0) is 32.1 Å². The van der Waals surface area contributed by atoms with Gasteiger partial charge < -0.3 is 0 Å². The van der Waals surface area contributed by atoms with Gasteiger partial charge in [0.05, 0.1) is 0 Å². The zero-order valence-corrected chi connectivity index (χ0v) is 15.8.